The minimum atomic E-state index is -0.482. The van der Waals surface area contributed by atoms with E-state index in [-0.39, 0.29) is 6.54 Å². The Bertz CT molecular complexity index is 457. The van der Waals surface area contributed by atoms with E-state index >= 15 is 0 Å². The van der Waals surface area contributed by atoms with E-state index in [9.17, 15) is 9.59 Å². The van der Waals surface area contributed by atoms with Crippen LogP contribution in [0.2, 0.25) is 0 Å². The van der Waals surface area contributed by atoms with Crippen molar-refractivity contribution in [1.29, 1.82) is 0 Å². The zero-order chi connectivity index (χ0) is 15.7. The highest BCUT2D eigenvalue weighted by molar-refractivity contribution is 5.94. The second-order valence-electron chi connectivity index (χ2n) is 5.29. The molecule has 0 saturated heterocycles. The predicted molar refractivity (Wildman–Crippen MR) is 78.4 cm³/mol. The van der Waals surface area contributed by atoms with Gasteiger partial charge in [-0.1, -0.05) is 19.1 Å². The van der Waals surface area contributed by atoms with Gasteiger partial charge in [0.15, 0.2) is 0 Å². The van der Waals surface area contributed by atoms with E-state index in [1.165, 1.54) is 4.68 Å². The number of amides is 3. The van der Waals surface area contributed by atoms with Crippen LogP contribution in [0.5, 0.6) is 0 Å². The summed E-state index contributed by atoms with van der Waals surface area (Å²) in [6.45, 7) is 5.23. The molecule has 0 bridgehead atoms. The van der Waals surface area contributed by atoms with E-state index in [0.717, 1.165) is 25.0 Å². The summed E-state index contributed by atoms with van der Waals surface area (Å²) in [7, 11) is 0. The normalized spacial score (nSPS) is 10.7. The molecule has 1 aromatic rings. The molecule has 0 fully saturated rings. The predicted octanol–water partition coefficient (Wildman–Crippen LogP) is 0.0413. The molecule has 8 nitrogen and oxygen atoms in total. The minimum absolute atomic E-state index is 0.0345. The van der Waals surface area contributed by atoms with Crippen molar-refractivity contribution in [2.75, 3.05) is 13.1 Å². The highest BCUT2D eigenvalue weighted by Crippen LogP contribution is 1.97. The molecular weight excluding hydrogens is 272 g/mol. The number of hydrogen-bond acceptors (Lipinski definition) is 5. The summed E-state index contributed by atoms with van der Waals surface area (Å²) in [6, 6.07) is -0.482. The molecule has 3 amide bonds. The molecular formula is C13H24N6O2. The Morgan fingerprint density at radius 3 is 2.86 bits per heavy atom. The zero-order valence-electron chi connectivity index (χ0n) is 12.6. The third kappa shape index (κ3) is 7.40. The van der Waals surface area contributed by atoms with E-state index in [2.05, 4.69) is 34.8 Å². The van der Waals surface area contributed by atoms with Crippen LogP contribution in [0.25, 0.3) is 0 Å². The number of aryl methyl sites for hydroxylation is 1. The molecule has 8 heteroatoms. The zero-order valence-corrected chi connectivity index (χ0v) is 12.6. The van der Waals surface area contributed by atoms with Gasteiger partial charge in [-0.15, -0.1) is 5.10 Å². The first-order valence-electron chi connectivity index (χ1n) is 7.18. The van der Waals surface area contributed by atoms with E-state index in [1.54, 1.807) is 6.20 Å². The molecule has 1 heterocycles. The first-order valence-corrected chi connectivity index (χ1v) is 7.18. The summed E-state index contributed by atoms with van der Waals surface area (Å²) in [6.07, 6.45) is 4.11. The van der Waals surface area contributed by atoms with Crippen LogP contribution >= 0.6 is 0 Å². The van der Waals surface area contributed by atoms with Crippen molar-refractivity contribution in [3.8, 4) is 0 Å². The lowest BCUT2D eigenvalue weighted by molar-refractivity contribution is -0.120. The molecule has 1 rings (SSSR count). The van der Waals surface area contributed by atoms with Crippen LogP contribution in [0, 0.1) is 5.92 Å². The van der Waals surface area contributed by atoms with Crippen molar-refractivity contribution in [2.45, 2.75) is 39.7 Å². The molecule has 0 saturated carbocycles. The fourth-order valence-corrected chi connectivity index (χ4v) is 1.65. The van der Waals surface area contributed by atoms with E-state index < -0.39 is 11.9 Å². The third-order valence-corrected chi connectivity index (χ3v) is 2.79. The fourth-order valence-electron chi connectivity index (χ4n) is 1.65. The standard InChI is InChI=1S/C13H24N6O2/c1-10(2)5-7-15-13(21)16-12(20)9-19-8-11(17-18-19)4-3-6-14/h8,10H,3-7,9,14H2,1-2H3,(H2,15,16,20,21). The molecule has 0 aliphatic rings. The topological polar surface area (TPSA) is 115 Å². The van der Waals surface area contributed by atoms with Crippen LogP contribution in [-0.4, -0.2) is 40.0 Å². The van der Waals surface area contributed by atoms with Crippen LogP contribution in [0.1, 0.15) is 32.4 Å². The average Bonchev–Trinajstić information content (AvgIpc) is 2.83. The Kier molecular flexibility index (Phi) is 7.38. The third-order valence-electron chi connectivity index (χ3n) is 2.79. The summed E-state index contributed by atoms with van der Waals surface area (Å²) < 4.78 is 1.41. The van der Waals surface area contributed by atoms with Gasteiger partial charge in [-0.2, -0.15) is 0 Å². The van der Waals surface area contributed by atoms with Gasteiger partial charge in [0.1, 0.15) is 6.54 Å². The van der Waals surface area contributed by atoms with Gasteiger partial charge in [0, 0.05) is 12.7 Å². The number of nitrogens with one attached hydrogen (secondary N) is 2. The number of urea groups is 1. The van der Waals surface area contributed by atoms with Gasteiger partial charge in [0.2, 0.25) is 5.91 Å². The Balaban J connectivity index is 2.29. The summed E-state index contributed by atoms with van der Waals surface area (Å²) >= 11 is 0. The summed E-state index contributed by atoms with van der Waals surface area (Å²) in [4.78, 5) is 23.1. The first kappa shape index (κ1) is 17.1. The van der Waals surface area contributed by atoms with Crippen molar-refractivity contribution in [2.24, 2.45) is 11.7 Å². The Morgan fingerprint density at radius 2 is 2.19 bits per heavy atom. The second kappa shape index (κ2) is 9.06. The van der Waals surface area contributed by atoms with Crippen molar-refractivity contribution in [3.63, 3.8) is 0 Å². The quantitative estimate of drug-likeness (QED) is 0.626. The van der Waals surface area contributed by atoms with Gasteiger partial charge in [0.05, 0.1) is 5.69 Å². The molecule has 21 heavy (non-hydrogen) atoms. The highest BCUT2D eigenvalue weighted by Gasteiger charge is 2.09. The highest BCUT2D eigenvalue weighted by atomic mass is 16.2. The number of hydrogen-bond donors (Lipinski definition) is 3. The molecule has 0 unspecified atom stereocenters. The van der Waals surface area contributed by atoms with Gasteiger partial charge in [-0.3, -0.25) is 10.1 Å². The number of nitrogens with two attached hydrogens (primary N) is 1. The molecule has 4 N–H and O–H groups in total. The first-order chi connectivity index (χ1) is 10.0. The maximum Gasteiger partial charge on any atom is 0.321 e. The fraction of sp³-hybridized carbons (Fsp3) is 0.692. The molecule has 0 aliphatic heterocycles. The largest absolute Gasteiger partial charge is 0.338 e. The molecule has 0 aromatic carbocycles. The van der Waals surface area contributed by atoms with Crippen LogP contribution < -0.4 is 16.4 Å². The van der Waals surface area contributed by atoms with Gasteiger partial charge in [0.25, 0.3) is 0 Å². The average molecular weight is 296 g/mol. The molecule has 118 valence electrons. The van der Waals surface area contributed by atoms with Crippen molar-refractivity contribution < 1.29 is 9.59 Å². The Morgan fingerprint density at radius 1 is 1.43 bits per heavy atom. The van der Waals surface area contributed by atoms with Gasteiger partial charge in [-0.05, 0) is 31.7 Å². The lowest BCUT2D eigenvalue weighted by atomic mass is 10.1. The van der Waals surface area contributed by atoms with E-state index in [1.807, 2.05) is 0 Å². The lowest BCUT2D eigenvalue weighted by Gasteiger charge is -2.07. The smallest absolute Gasteiger partial charge is 0.321 e. The maximum atomic E-state index is 11.7. The second-order valence-corrected chi connectivity index (χ2v) is 5.29. The van der Waals surface area contributed by atoms with Gasteiger partial charge in [-0.25, -0.2) is 9.48 Å². The lowest BCUT2D eigenvalue weighted by Crippen LogP contribution is -2.41. The SMILES string of the molecule is CC(C)CCNC(=O)NC(=O)Cn1cc(CCCN)nn1. The molecule has 0 radical (unpaired) electrons. The Hall–Kier alpha value is -1.96. The van der Waals surface area contributed by atoms with E-state index in [0.29, 0.717) is 19.0 Å². The number of carbonyl (C=O) groups is 2. The minimum Gasteiger partial charge on any atom is -0.338 e. The van der Waals surface area contributed by atoms with Crippen LogP contribution in [0.15, 0.2) is 6.20 Å². The van der Waals surface area contributed by atoms with Crippen molar-refractivity contribution in [1.82, 2.24) is 25.6 Å². The number of rotatable bonds is 8. The molecule has 0 atom stereocenters. The van der Waals surface area contributed by atoms with Gasteiger partial charge < -0.3 is 11.1 Å². The summed E-state index contributed by atoms with van der Waals surface area (Å²) in [5.41, 5.74) is 6.20. The molecule has 0 spiro atoms. The maximum absolute atomic E-state index is 11.7. The molecule has 1 aromatic heterocycles. The monoisotopic (exact) mass is 296 g/mol. The Labute approximate surface area is 124 Å². The van der Waals surface area contributed by atoms with Crippen molar-refractivity contribution in [3.05, 3.63) is 11.9 Å². The number of carbonyl (C=O) groups excluding carboxylic acids is 2. The summed E-state index contributed by atoms with van der Waals surface area (Å²) in [5.74, 6) is 0.0791. The van der Waals surface area contributed by atoms with Crippen LogP contribution in [0.4, 0.5) is 4.79 Å². The van der Waals surface area contributed by atoms with Gasteiger partial charge >= 0.3 is 6.03 Å². The number of imide groups is 1. The number of aromatic nitrogens is 3. The van der Waals surface area contributed by atoms with Crippen LogP contribution in [0.3, 0.4) is 0 Å². The van der Waals surface area contributed by atoms with E-state index in [4.69, 9.17) is 5.73 Å². The van der Waals surface area contributed by atoms with Crippen molar-refractivity contribution >= 4 is 11.9 Å². The number of nitrogens with zero attached hydrogens (tertiary/aromatic N) is 3. The molecule has 0 aliphatic carbocycles. The summed E-state index contributed by atoms with van der Waals surface area (Å²) in [5, 5.41) is 12.7. The van der Waals surface area contributed by atoms with Crippen LogP contribution in [-0.2, 0) is 17.8 Å².